The predicted octanol–water partition coefficient (Wildman–Crippen LogP) is 3.22. The van der Waals surface area contributed by atoms with Crippen molar-refractivity contribution in [3.63, 3.8) is 0 Å². The molecule has 0 spiro atoms. The second kappa shape index (κ2) is 6.60. The number of nitrogen functional groups attached to an aromatic ring is 1. The molecule has 0 saturated heterocycles. The molecule has 3 N–H and O–H groups in total. The van der Waals surface area contributed by atoms with Crippen molar-refractivity contribution in [3.8, 4) is 0 Å². The summed E-state index contributed by atoms with van der Waals surface area (Å²) in [5.41, 5.74) is 7.35. The maximum atomic E-state index is 12.0. The average Bonchev–Trinajstić information content (AvgIpc) is 2.79. The molecule has 3 nitrogen and oxygen atoms in total. The van der Waals surface area contributed by atoms with Gasteiger partial charge in [0.05, 0.1) is 0 Å². The van der Waals surface area contributed by atoms with Gasteiger partial charge >= 0.3 is 0 Å². The number of hydrogen-bond acceptors (Lipinski definition) is 2. The highest BCUT2D eigenvalue weighted by Gasteiger charge is 2.31. The highest BCUT2D eigenvalue weighted by atomic mass is 16.1. The first-order chi connectivity index (χ1) is 9.60. The Hall–Kier alpha value is -1.77. The van der Waals surface area contributed by atoms with E-state index in [2.05, 4.69) is 19.2 Å². The van der Waals surface area contributed by atoms with E-state index < -0.39 is 0 Å². The Morgan fingerprint density at radius 1 is 1.35 bits per heavy atom. The zero-order valence-corrected chi connectivity index (χ0v) is 12.3. The van der Waals surface area contributed by atoms with Gasteiger partial charge in [-0.1, -0.05) is 32.4 Å². The minimum absolute atomic E-state index is 0.00423. The van der Waals surface area contributed by atoms with E-state index in [1.165, 1.54) is 12.8 Å². The first-order valence-electron chi connectivity index (χ1n) is 7.44. The van der Waals surface area contributed by atoms with Crippen molar-refractivity contribution in [2.75, 3.05) is 5.73 Å². The summed E-state index contributed by atoms with van der Waals surface area (Å²) in [7, 11) is 0. The molecule has 1 aromatic carbocycles. The van der Waals surface area contributed by atoms with Gasteiger partial charge in [-0.2, -0.15) is 0 Å². The molecule has 2 rings (SSSR count). The third-order valence-corrected chi connectivity index (χ3v) is 4.44. The molecule has 1 aliphatic carbocycles. The van der Waals surface area contributed by atoms with Gasteiger partial charge in [0, 0.05) is 17.8 Å². The van der Waals surface area contributed by atoms with Crippen LogP contribution >= 0.6 is 0 Å². The number of rotatable bonds is 4. The van der Waals surface area contributed by atoms with Crippen LogP contribution in [0.1, 0.15) is 38.7 Å². The van der Waals surface area contributed by atoms with Crippen molar-refractivity contribution in [1.82, 2.24) is 5.32 Å². The van der Waals surface area contributed by atoms with E-state index in [1.54, 1.807) is 6.08 Å². The van der Waals surface area contributed by atoms with Crippen LogP contribution in [-0.4, -0.2) is 11.9 Å². The van der Waals surface area contributed by atoms with E-state index in [0.29, 0.717) is 12.0 Å². The number of nitrogens with one attached hydrogen (secondary N) is 1. The Balaban J connectivity index is 1.88. The van der Waals surface area contributed by atoms with Gasteiger partial charge in [0.15, 0.2) is 0 Å². The second-order valence-electron chi connectivity index (χ2n) is 5.72. The molecule has 1 aromatic rings. The number of benzene rings is 1. The molecule has 0 aliphatic heterocycles. The Kier molecular flexibility index (Phi) is 4.83. The smallest absolute Gasteiger partial charge is 0.244 e. The molecule has 0 bridgehead atoms. The summed E-state index contributed by atoms with van der Waals surface area (Å²) < 4.78 is 0. The fourth-order valence-electron chi connectivity index (χ4n) is 3.04. The molecule has 3 atom stereocenters. The lowest BCUT2D eigenvalue weighted by Gasteiger charge is -2.20. The fraction of sp³-hybridized carbons (Fsp3) is 0.471. The highest BCUT2D eigenvalue weighted by molar-refractivity contribution is 5.92. The third kappa shape index (κ3) is 3.62. The normalized spacial score (nSPS) is 26.0. The van der Waals surface area contributed by atoms with Crippen LogP contribution in [0.4, 0.5) is 5.69 Å². The number of nitrogens with two attached hydrogens (primary N) is 1. The van der Waals surface area contributed by atoms with E-state index in [4.69, 9.17) is 5.73 Å². The van der Waals surface area contributed by atoms with Gasteiger partial charge in [-0.05, 0) is 48.4 Å². The van der Waals surface area contributed by atoms with Crippen LogP contribution in [0.15, 0.2) is 30.3 Å². The topological polar surface area (TPSA) is 55.1 Å². The van der Waals surface area contributed by atoms with Crippen LogP contribution in [0.5, 0.6) is 0 Å². The summed E-state index contributed by atoms with van der Waals surface area (Å²) in [4.78, 5) is 12.0. The molecule has 108 valence electrons. The number of amides is 1. The lowest BCUT2D eigenvalue weighted by molar-refractivity contribution is -0.117. The van der Waals surface area contributed by atoms with Crippen LogP contribution in [0, 0.1) is 11.8 Å². The Morgan fingerprint density at radius 3 is 2.65 bits per heavy atom. The quantitative estimate of drug-likeness (QED) is 0.653. The SMILES string of the molecule is CCC1CCC(NC(=O)/C=C/c2ccc(N)cc2)C1C. The number of carbonyl (C=O) groups is 1. The van der Waals surface area contributed by atoms with Gasteiger partial charge in [0.1, 0.15) is 0 Å². The van der Waals surface area contributed by atoms with E-state index in [9.17, 15) is 4.79 Å². The van der Waals surface area contributed by atoms with Gasteiger partial charge in [-0.15, -0.1) is 0 Å². The average molecular weight is 272 g/mol. The maximum Gasteiger partial charge on any atom is 0.244 e. The van der Waals surface area contributed by atoms with Gasteiger partial charge in [0.25, 0.3) is 0 Å². The summed E-state index contributed by atoms with van der Waals surface area (Å²) in [5.74, 6) is 1.32. The molecule has 1 saturated carbocycles. The van der Waals surface area contributed by atoms with Gasteiger partial charge < -0.3 is 11.1 Å². The van der Waals surface area contributed by atoms with Crippen molar-refractivity contribution >= 4 is 17.7 Å². The first kappa shape index (κ1) is 14.6. The van der Waals surface area contributed by atoms with Gasteiger partial charge in [-0.3, -0.25) is 4.79 Å². The summed E-state index contributed by atoms with van der Waals surface area (Å²) in [6.07, 6.45) is 6.96. The minimum Gasteiger partial charge on any atom is -0.399 e. The zero-order valence-electron chi connectivity index (χ0n) is 12.3. The van der Waals surface area contributed by atoms with Crippen molar-refractivity contribution in [1.29, 1.82) is 0 Å². The molecule has 20 heavy (non-hydrogen) atoms. The van der Waals surface area contributed by atoms with Crippen molar-refractivity contribution in [3.05, 3.63) is 35.9 Å². The lowest BCUT2D eigenvalue weighted by atomic mass is 9.93. The van der Waals surface area contributed by atoms with Crippen molar-refractivity contribution in [2.45, 2.75) is 39.2 Å². The summed E-state index contributed by atoms with van der Waals surface area (Å²) in [6.45, 7) is 4.47. The fourth-order valence-corrected chi connectivity index (χ4v) is 3.04. The minimum atomic E-state index is -0.00423. The van der Waals surface area contributed by atoms with Crippen LogP contribution < -0.4 is 11.1 Å². The molecule has 0 heterocycles. The third-order valence-electron chi connectivity index (χ3n) is 4.44. The van der Waals surface area contributed by atoms with Crippen molar-refractivity contribution in [2.24, 2.45) is 11.8 Å². The Bertz CT molecular complexity index is 478. The number of anilines is 1. The van der Waals surface area contributed by atoms with Crippen LogP contribution in [-0.2, 0) is 4.79 Å². The number of hydrogen-bond donors (Lipinski definition) is 2. The Morgan fingerprint density at radius 2 is 2.05 bits per heavy atom. The largest absolute Gasteiger partial charge is 0.399 e. The maximum absolute atomic E-state index is 12.0. The molecule has 1 aliphatic rings. The number of carbonyl (C=O) groups excluding carboxylic acids is 1. The molecule has 1 amide bonds. The van der Waals surface area contributed by atoms with E-state index in [-0.39, 0.29) is 5.91 Å². The van der Waals surface area contributed by atoms with Gasteiger partial charge in [0.2, 0.25) is 5.91 Å². The van der Waals surface area contributed by atoms with Crippen LogP contribution in [0.25, 0.3) is 6.08 Å². The molecule has 0 aromatic heterocycles. The second-order valence-corrected chi connectivity index (χ2v) is 5.72. The summed E-state index contributed by atoms with van der Waals surface area (Å²) in [6, 6.07) is 7.81. The molecule has 1 fully saturated rings. The molecular formula is C17H24N2O. The van der Waals surface area contributed by atoms with E-state index in [0.717, 1.165) is 23.6 Å². The lowest BCUT2D eigenvalue weighted by Crippen LogP contribution is -2.36. The summed E-state index contributed by atoms with van der Waals surface area (Å²) >= 11 is 0. The monoisotopic (exact) mass is 272 g/mol. The van der Waals surface area contributed by atoms with Crippen LogP contribution in [0.3, 0.4) is 0 Å². The van der Waals surface area contributed by atoms with E-state index >= 15 is 0 Å². The predicted molar refractivity (Wildman–Crippen MR) is 84.0 cm³/mol. The zero-order chi connectivity index (χ0) is 14.5. The molecule has 0 radical (unpaired) electrons. The molecular weight excluding hydrogens is 248 g/mol. The molecule has 3 unspecified atom stereocenters. The summed E-state index contributed by atoms with van der Waals surface area (Å²) in [5, 5.41) is 3.12. The highest BCUT2D eigenvalue weighted by Crippen LogP contribution is 2.33. The molecule has 3 heteroatoms. The first-order valence-corrected chi connectivity index (χ1v) is 7.44. The van der Waals surface area contributed by atoms with Gasteiger partial charge in [-0.25, -0.2) is 0 Å². The van der Waals surface area contributed by atoms with Crippen LogP contribution in [0.2, 0.25) is 0 Å². The Labute approximate surface area is 121 Å². The standard InChI is InChI=1S/C17H24N2O/c1-3-14-7-10-16(12(14)2)19-17(20)11-6-13-4-8-15(18)9-5-13/h4-6,8-9,11-12,14,16H,3,7,10,18H2,1-2H3,(H,19,20)/b11-6+. The van der Waals surface area contributed by atoms with Crippen molar-refractivity contribution < 1.29 is 4.79 Å². The van der Waals surface area contributed by atoms with E-state index in [1.807, 2.05) is 30.3 Å².